The first kappa shape index (κ1) is 12.6. The number of nitrogens with one attached hydrogen (secondary N) is 1. The molecule has 1 N–H and O–H groups in total. The highest BCUT2D eigenvalue weighted by Crippen LogP contribution is 2.18. The van der Waals surface area contributed by atoms with E-state index in [0.717, 1.165) is 18.2 Å². The van der Waals surface area contributed by atoms with E-state index in [-0.39, 0.29) is 0 Å². The number of nitrogens with zero attached hydrogens (tertiary/aromatic N) is 3. The van der Waals surface area contributed by atoms with Crippen LogP contribution in [-0.2, 0) is 7.05 Å². The summed E-state index contributed by atoms with van der Waals surface area (Å²) in [6.45, 7) is 7.89. The highest BCUT2D eigenvalue weighted by Gasteiger charge is 2.20. The van der Waals surface area contributed by atoms with E-state index in [2.05, 4.69) is 42.4 Å². The van der Waals surface area contributed by atoms with E-state index >= 15 is 0 Å². The van der Waals surface area contributed by atoms with Crippen LogP contribution in [-0.4, -0.2) is 41.4 Å². The Morgan fingerprint density at radius 2 is 2.29 bits per heavy atom. The first-order valence-corrected chi connectivity index (χ1v) is 6.48. The topological polar surface area (TPSA) is 33.1 Å². The number of aromatic nitrogens is 2. The Morgan fingerprint density at radius 1 is 1.53 bits per heavy atom. The van der Waals surface area contributed by atoms with Crippen LogP contribution in [0.2, 0.25) is 0 Å². The molecule has 0 spiro atoms. The molecule has 17 heavy (non-hydrogen) atoms. The van der Waals surface area contributed by atoms with Gasteiger partial charge in [0.15, 0.2) is 0 Å². The maximum Gasteiger partial charge on any atom is 0.0641 e. The number of likely N-dealkylation sites (tertiary alicyclic amines) is 1. The molecule has 0 radical (unpaired) electrons. The lowest BCUT2D eigenvalue weighted by Gasteiger charge is -2.17. The molecule has 1 aromatic heterocycles. The summed E-state index contributed by atoms with van der Waals surface area (Å²) in [6.07, 6.45) is 3.44. The van der Waals surface area contributed by atoms with Gasteiger partial charge in [-0.25, -0.2) is 0 Å². The minimum absolute atomic E-state index is 0.398. The molecule has 0 aromatic carbocycles. The summed E-state index contributed by atoms with van der Waals surface area (Å²) in [7, 11) is 4.18. The van der Waals surface area contributed by atoms with Gasteiger partial charge in [0, 0.05) is 31.4 Å². The van der Waals surface area contributed by atoms with E-state index in [9.17, 15) is 0 Å². The maximum absolute atomic E-state index is 4.39. The Balaban J connectivity index is 1.85. The number of rotatable bonds is 4. The Kier molecular flexibility index (Phi) is 3.84. The number of aryl methyl sites for hydroxylation is 2. The molecule has 1 aromatic rings. The largest absolute Gasteiger partial charge is 0.310 e. The van der Waals surface area contributed by atoms with E-state index in [4.69, 9.17) is 0 Å². The summed E-state index contributed by atoms with van der Waals surface area (Å²) in [5.41, 5.74) is 2.45. The van der Waals surface area contributed by atoms with Crippen molar-refractivity contribution in [2.24, 2.45) is 13.0 Å². The summed E-state index contributed by atoms with van der Waals surface area (Å²) >= 11 is 0. The predicted molar refractivity (Wildman–Crippen MR) is 70.0 cm³/mol. The third-order valence-electron chi connectivity index (χ3n) is 3.72. The fourth-order valence-corrected chi connectivity index (χ4v) is 2.69. The third-order valence-corrected chi connectivity index (χ3v) is 3.72. The van der Waals surface area contributed by atoms with Crippen molar-refractivity contribution in [3.05, 3.63) is 17.5 Å². The van der Waals surface area contributed by atoms with Crippen LogP contribution in [0.3, 0.4) is 0 Å². The van der Waals surface area contributed by atoms with Crippen LogP contribution in [0, 0.1) is 12.8 Å². The molecule has 96 valence electrons. The van der Waals surface area contributed by atoms with Crippen LogP contribution >= 0.6 is 0 Å². The summed E-state index contributed by atoms with van der Waals surface area (Å²) in [5.74, 6) is 0.805. The molecule has 1 fully saturated rings. The normalized spacial score (nSPS) is 23.2. The smallest absolute Gasteiger partial charge is 0.0641 e. The predicted octanol–water partition coefficient (Wildman–Crippen LogP) is 1.33. The van der Waals surface area contributed by atoms with Crippen molar-refractivity contribution in [3.63, 3.8) is 0 Å². The van der Waals surface area contributed by atoms with Gasteiger partial charge in [0.1, 0.15) is 0 Å². The summed E-state index contributed by atoms with van der Waals surface area (Å²) in [6, 6.07) is 0.398. The fraction of sp³-hybridized carbons (Fsp3) is 0.769. The summed E-state index contributed by atoms with van der Waals surface area (Å²) < 4.78 is 1.90. The molecular weight excluding hydrogens is 212 g/mol. The van der Waals surface area contributed by atoms with Gasteiger partial charge >= 0.3 is 0 Å². The van der Waals surface area contributed by atoms with Gasteiger partial charge < -0.3 is 10.2 Å². The van der Waals surface area contributed by atoms with Crippen LogP contribution in [0.1, 0.15) is 30.6 Å². The highest BCUT2D eigenvalue weighted by atomic mass is 15.3. The SMILES string of the molecule is Cc1nn(C)cc1C(C)NCC1CCN(C)C1. The average Bonchev–Trinajstić information content (AvgIpc) is 2.81. The fourth-order valence-electron chi connectivity index (χ4n) is 2.69. The lowest BCUT2D eigenvalue weighted by atomic mass is 10.1. The molecule has 0 saturated carbocycles. The van der Waals surface area contributed by atoms with Crippen molar-refractivity contribution in [3.8, 4) is 0 Å². The molecule has 1 aliphatic heterocycles. The molecule has 1 saturated heterocycles. The van der Waals surface area contributed by atoms with Gasteiger partial charge in [-0.2, -0.15) is 5.10 Å². The molecule has 0 aliphatic carbocycles. The van der Waals surface area contributed by atoms with Gasteiger partial charge in [-0.1, -0.05) is 0 Å². The molecule has 2 unspecified atom stereocenters. The van der Waals surface area contributed by atoms with E-state index in [1.807, 2.05) is 11.7 Å². The van der Waals surface area contributed by atoms with E-state index in [1.54, 1.807) is 0 Å². The van der Waals surface area contributed by atoms with E-state index in [1.165, 1.54) is 25.1 Å². The second kappa shape index (κ2) is 5.19. The zero-order valence-electron chi connectivity index (χ0n) is 11.4. The maximum atomic E-state index is 4.39. The van der Waals surface area contributed by atoms with E-state index in [0.29, 0.717) is 6.04 Å². The van der Waals surface area contributed by atoms with Gasteiger partial charge in [-0.05, 0) is 46.3 Å². The van der Waals surface area contributed by atoms with Gasteiger partial charge in [0.25, 0.3) is 0 Å². The molecule has 0 bridgehead atoms. The second-order valence-electron chi connectivity index (χ2n) is 5.39. The first-order chi connectivity index (χ1) is 8.06. The Hall–Kier alpha value is -0.870. The quantitative estimate of drug-likeness (QED) is 0.856. The Morgan fingerprint density at radius 3 is 2.82 bits per heavy atom. The minimum Gasteiger partial charge on any atom is -0.310 e. The van der Waals surface area contributed by atoms with Crippen molar-refractivity contribution in [2.75, 3.05) is 26.7 Å². The lowest BCUT2D eigenvalue weighted by Crippen LogP contribution is -2.27. The van der Waals surface area contributed by atoms with Gasteiger partial charge in [0.05, 0.1) is 5.69 Å². The molecule has 2 rings (SSSR count). The minimum atomic E-state index is 0.398. The monoisotopic (exact) mass is 236 g/mol. The molecule has 2 heterocycles. The van der Waals surface area contributed by atoms with Crippen molar-refractivity contribution < 1.29 is 0 Å². The molecular formula is C13H24N4. The lowest BCUT2D eigenvalue weighted by molar-refractivity contribution is 0.382. The van der Waals surface area contributed by atoms with Crippen LogP contribution < -0.4 is 5.32 Å². The van der Waals surface area contributed by atoms with Crippen LogP contribution in [0.25, 0.3) is 0 Å². The standard InChI is InChI=1S/C13H24N4/c1-10(13-9-17(4)15-11(13)2)14-7-12-5-6-16(3)8-12/h9-10,12,14H,5-8H2,1-4H3. The van der Waals surface area contributed by atoms with Crippen LogP contribution in [0.5, 0.6) is 0 Å². The zero-order valence-corrected chi connectivity index (χ0v) is 11.4. The third kappa shape index (κ3) is 3.07. The first-order valence-electron chi connectivity index (χ1n) is 6.48. The number of hydrogen-bond acceptors (Lipinski definition) is 3. The van der Waals surface area contributed by atoms with Crippen LogP contribution in [0.15, 0.2) is 6.20 Å². The molecule has 4 heteroatoms. The second-order valence-corrected chi connectivity index (χ2v) is 5.39. The van der Waals surface area contributed by atoms with Crippen molar-refractivity contribution in [2.45, 2.75) is 26.3 Å². The van der Waals surface area contributed by atoms with Gasteiger partial charge in [-0.15, -0.1) is 0 Å². The Bertz CT molecular complexity index is 371. The van der Waals surface area contributed by atoms with Crippen molar-refractivity contribution >= 4 is 0 Å². The Labute approximate surface area is 104 Å². The van der Waals surface area contributed by atoms with Crippen molar-refractivity contribution in [1.29, 1.82) is 0 Å². The average molecular weight is 236 g/mol. The van der Waals surface area contributed by atoms with Gasteiger partial charge in [0.2, 0.25) is 0 Å². The molecule has 1 aliphatic rings. The summed E-state index contributed by atoms with van der Waals surface area (Å²) in [5, 5.41) is 8.03. The van der Waals surface area contributed by atoms with E-state index < -0.39 is 0 Å². The molecule has 2 atom stereocenters. The molecule has 0 amide bonds. The van der Waals surface area contributed by atoms with Crippen molar-refractivity contribution in [1.82, 2.24) is 20.0 Å². The molecule has 4 nitrogen and oxygen atoms in total. The van der Waals surface area contributed by atoms with Gasteiger partial charge in [-0.3, -0.25) is 4.68 Å². The van der Waals surface area contributed by atoms with Crippen LogP contribution in [0.4, 0.5) is 0 Å². The zero-order chi connectivity index (χ0) is 12.4. The number of hydrogen-bond donors (Lipinski definition) is 1. The highest BCUT2D eigenvalue weighted by molar-refractivity contribution is 5.19. The summed E-state index contributed by atoms with van der Waals surface area (Å²) in [4.78, 5) is 2.41.